The number of carbonyl (C=O) groups excluding carboxylic acids is 1. The fourth-order valence-corrected chi connectivity index (χ4v) is 3.68. The summed E-state index contributed by atoms with van der Waals surface area (Å²) >= 11 is 0. The number of hydrogen-bond donors (Lipinski definition) is 2. The third-order valence-electron chi connectivity index (χ3n) is 4.56. The van der Waals surface area contributed by atoms with E-state index in [4.69, 9.17) is 0 Å². The van der Waals surface area contributed by atoms with Crippen LogP contribution in [0.25, 0.3) is 0 Å². The Labute approximate surface area is 117 Å². The van der Waals surface area contributed by atoms with E-state index in [1.807, 2.05) is 0 Å². The van der Waals surface area contributed by atoms with Crippen molar-refractivity contribution in [1.82, 2.24) is 15.1 Å². The number of fused-ring (bicyclic) bond motifs is 1. The molecule has 1 aromatic rings. The Morgan fingerprint density at radius 2 is 2.20 bits per heavy atom. The molecule has 6 heteroatoms. The molecule has 0 radical (unpaired) electrons. The van der Waals surface area contributed by atoms with Crippen molar-refractivity contribution in [2.75, 3.05) is 0 Å². The third-order valence-corrected chi connectivity index (χ3v) is 4.56. The van der Waals surface area contributed by atoms with E-state index in [-0.39, 0.29) is 18.4 Å². The normalized spacial score (nSPS) is 29.2. The van der Waals surface area contributed by atoms with Gasteiger partial charge in [0.1, 0.15) is 6.04 Å². The van der Waals surface area contributed by atoms with Crippen LogP contribution in [0.2, 0.25) is 0 Å². The Morgan fingerprint density at radius 1 is 1.40 bits per heavy atom. The number of H-pyrrole nitrogens is 1. The zero-order valence-corrected chi connectivity index (χ0v) is 11.3. The van der Waals surface area contributed by atoms with Gasteiger partial charge in [0.25, 0.3) is 0 Å². The van der Waals surface area contributed by atoms with Gasteiger partial charge in [-0.1, -0.05) is 12.8 Å². The largest absolute Gasteiger partial charge is 0.480 e. The van der Waals surface area contributed by atoms with Crippen LogP contribution in [0.5, 0.6) is 0 Å². The summed E-state index contributed by atoms with van der Waals surface area (Å²) in [6.07, 6.45) is 6.62. The minimum absolute atomic E-state index is 0.101. The number of rotatable bonds is 3. The number of likely N-dealkylation sites (tertiary alicyclic amines) is 1. The number of aromatic amines is 1. The summed E-state index contributed by atoms with van der Waals surface area (Å²) in [5.41, 5.74) is 0.735. The van der Waals surface area contributed by atoms with E-state index in [1.165, 1.54) is 0 Å². The van der Waals surface area contributed by atoms with Gasteiger partial charge in [-0.05, 0) is 31.2 Å². The summed E-state index contributed by atoms with van der Waals surface area (Å²) in [7, 11) is 0. The second-order valence-electron chi connectivity index (χ2n) is 5.76. The maximum atomic E-state index is 12.5. The first-order valence-corrected chi connectivity index (χ1v) is 7.19. The highest BCUT2D eigenvalue weighted by Gasteiger charge is 2.47. The minimum Gasteiger partial charge on any atom is -0.480 e. The third kappa shape index (κ3) is 2.30. The zero-order valence-electron chi connectivity index (χ0n) is 11.3. The van der Waals surface area contributed by atoms with Crippen LogP contribution in [0.15, 0.2) is 12.3 Å². The Morgan fingerprint density at radius 3 is 2.90 bits per heavy atom. The molecule has 108 valence electrons. The van der Waals surface area contributed by atoms with Crippen molar-refractivity contribution in [2.45, 2.75) is 50.6 Å². The van der Waals surface area contributed by atoms with Gasteiger partial charge in [-0.3, -0.25) is 9.89 Å². The molecule has 2 heterocycles. The summed E-state index contributed by atoms with van der Waals surface area (Å²) in [4.78, 5) is 25.6. The summed E-state index contributed by atoms with van der Waals surface area (Å²) in [6.45, 7) is 0. The quantitative estimate of drug-likeness (QED) is 0.869. The van der Waals surface area contributed by atoms with Crippen LogP contribution in [-0.4, -0.2) is 44.2 Å². The van der Waals surface area contributed by atoms with Gasteiger partial charge in [-0.2, -0.15) is 5.10 Å². The molecule has 1 aromatic heterocycles. The minimum atomic E-state index is -0.877. The van der Waals surface area contributed by atoms with E-state index >= 15 is 0 Å². The van der Waals surface area contributed by atoms with E-state index < -0.39 is 12.0 Å². The first-order valence-electron chi connectivity index (χ1n) is 7.19. The average Bonchev–Trinajstić information content (AvgIpc) is 3.04. The van der Waals surface area contributed by atoms with Crippen molar-refractivity contribution in [3.05, 3.63) is 18.0 Å². The Balaban J connectivity index is 1.79. The highest BCUT2D eigenvalue weighted by molar-refractivity contribution is 5.85. The van der Waals surface area contributed by atoms with Crippen LogP contribution in [-0.2, 0) is 16.0 Å². The molecule has 2 aliphatic rings. The molecule has 2 fully saturated rings. The molecule has 0 bridgehead atoms. The number of carbonyl (C=O) groups is 2. The molecule has 0 aromatic carbocycles. The molecule has 2 N–H and O–H groups in total. The summed E-state index contributed by atoms with van der Waals surface area (Å²) < 4.78 is 0. The zero-order chi connectivity index (χ0) is 14.1. The number of amides is 1. The van der Waals surface area contributed by atoms with Gasteiger partial charge in [0.05, 0.1) is 6.42 Å². The highest BCUT2D eigenvalue weighted by Crippen LogP contribution is 2.40. The Hall–Kier alpha value is -1.85. The molecule has 1 saturated heterocycles. The van der Waals surface area contributed by atoms with E-state index in [2.05, 4.69) is 10.2 Å². The first-order chi connectivity index (χ1) is 9.66. The van der Waals surface area contributed by atoms with E-state index in [1.54, 1.807) is 17.2 Å². The van der Waals surface area contributed by atoms with Gasteiger partial charge in [-0.15, -0.1) is 0 Å². The maximum Gasteiger partial charge on any atom is 0.326 e. The SMILES string of the molecule is O=C(O)C1CC2CCCCC2N1C(=O)Cc1ccn[nH]1. The number of nitrogens with one attached hydrogen (secondary N) is 1. The van der Waals surface area contributed by atoms with Crippen LogP contribution in [0.3, 0.4) is 0 Å². The van der Waals surface area contributed by atoms with Crippen LogP contribution in [0.4, 0.5) is 0 Å². The standard InChI is InChI=1S/C14H19N3O3/c18-13(8-10-5-6-15-16-10)17-11-4-2-1-3-9(11)7-12(17)14(19)20/h5-6,9,11-12H,1-4,7-8H2,(H,15,16)(H,19,20). The Kier molecular flexibility index (Phi) is 3.46. The summed E-state index contributed by atoms with van der Waals surface area (Å²) in [6, 6.07) is 1.21. The van der Waals surface area contributed by atoms with Gasteiger partial charge < -0.3 is 10.0 Å². The lowest BCUT2D eigenvalue weighted by Crippen LogP contribution is -2.46. The van der Waals surface area contributed by atoms with Gasteiger partial charge in [0, 0.05) is 17.9 Å². The fraction of sp³-hybridized carbons (Fsp3) is 0.643. The molecule has 20 heavy (non-hydrogen) atoms. The van der Waals surface area contributed by atoms with Crippen molar-refractivity contribution >= 4 is 11.9 Å². The van der Waals surface area contributed by atoms with E-state index in [0.29, 0.717) is 12.3 Å². The molecule has 3 unspecified atom stereocenters. The molecular weight excluding hydrogens is 258 g/mol. The fourth-order valence-electron chi connectivity index (χ4n) is 3.68. The molecule has 0 spiro atoms. The number of nitrogens with zero attached hydrogens (tertiary/aromatic N) is 2. The molecule has 3 rings (SSSR count). The first kappa shape index (κ1) is 13.1. The van der Waals surface area contributed by atoms with Crippen LogP contribution in [0, 0.1) is 5.92 Å². The van der Waals surface area contributed by atoms with Crippen LogP contribution in [0.1, 0.15) is 37.8 Å². The summed E-state index contributed by atoms with van der Waals surface area (Å²) in [5.74, 6) is -0.621. The molecular formula is C14H19N3O3. The lowest BCUT2D eigenvalue weighted by Gasteiger charge is -2.33. The van der Waals surface area contributed by atoms with Gasteiger partial charge in [0.2, 0.25) is 5.91 Å². The number of carboxylic acid groups (broad SMARTS) is 1. The second-order valence-corrected chi connectivity index (χ2v) is 5.76. The molecule has 1 saturated carbocycles. The van der Waals surface area contributed by atoms with Crippen LogP contribution < -0.4 is 0 Å². The van der Waals surface area contributed by atoms with Crippen molar-refractivity contribution < 1.29 is 14.7 Å². The topological polar surface area (TPSA) is 86.3 Å². The van der Waals surface area contributed by atoms with Crippen molar-refractivity contribution in [3.63, 3.8) is 0 Å². The van der Waals surface area contributed by atoms with Gasteiger partial charge in [0.15, 0.2) is 0 Å². The highest BCUT2D eigenvalue weighted by atomic mass is 16.4. The van der Waals surface area contributed by atoms with Gasteiger partial charge in [-0.25, -0.2) is 4.79 Å². The number of aromatic nitrogens is 2. The monoisotopic (exact) mass is 277 g/mol. The van der Waals surface area contributed by atoms with Gasteiger partial charge >= 0.3 is 5.97 Å². The molecule has 3 atom stereocenters. The lowest BCUT2D eigenvalue weighted by atomic mass is 9.84. The summed E-state index contributed by atoms with van der Waals surface area (Å²) in [5, 5.41) is 16.0. The smallest absolute Gasteiger partial charge is 0.326 e. The molecule has 1 aliphatic carbocycles. The molecule has 1 aliphatic heterocycles. The van der Waals surface area contributed by atoms with Crippen molar-refractivity contribution in [3.8, 4) is 0 Å². The maximum absolute atomic E-state index is 12.5. The van der Waals surface area contributed by atoms with Crippen molar-refractivity contribution in [1.29, 1.82) is 0 Å². The van der Waals surface area contributed by atoms with Crippen LogP contribution >= 0.6 is 0 Å². The second kappa shape index (κ2) is 5.26. The van der Waals surface area contributed by atoms with E-state index in [0.717, 1.165) is 31.4 Å². The van der Waals surface area contributed by atoms with E-state index in [9.17, 15) is 14.7 Å². The lowest BCUT2D eigenvalue weighted by molar-refractivity contribution is -0.149. The molecule has 1 amide bonds. The predicted molar refractivity (Wildman–Crippen MR) is 70.9 cm³/mol. The number of aliphatic carboxylic acids is 1. The number of carboxylic acids is 1. The van der Waals surface area contributed by atoms with Crippen molar-refractivity contribution in [2.24, 2.45) is 5.92 Å². The predicted octanol–water partition coefficient (Wildman–Crippen LogP) is 1.20. The number of hydrogen-bond acceptors (Lipinski definition) is 3. The Bertz CT molecular complexity index is 500. The molecule has 6 nitrogen and oxygen atoms in total. The average molecular weight is 277 g/mol.